The van der Waals surface area contributed by atoms with E-state index in [-0.39, 0.29) is 21.1 Å². The zero-order valence-corrected chi connectivity index (χ0v) is 17.2. The first-order valence-electron chi connectivity index (χ1n) is 8.43. The second kappa shape index (κ2) is 7.27. The monoisotopic (exact) mass is 443 g/mol. The summed E-state index contributed by atoms with van der Waals surface area (Å²) in [7, 11) is -3.82. The molecule has 0 aliphatic heterocycles. The van der Waals surface area contributed by atoms with Gasteiger partial charge in [-0.3, -0.25) is 4.79 Å². The van der Waals surface area contributed by atoms with Gasteiger partial charge in [0.1, 0.15) is 5.75 Å². The van der Waals surface area contributed by atoms with Crippen LogP contribution in [-0.2, 0) is 10.0 Å². The first-order valence-corrected chi connectivity index (χ1v) is 11.2. The number of phenols is 1. The predicted molar refractivity (Wildman–Crippen MR) is 117 cm³/mol. The standard InChI is InChI=1S/C21H14ClNO4S2/c22-16-10-7-13(11-17(16)24)19-20(25)15-3-1-2-4-18(15)28-21(19)12-5-8-14(9-6-12)29(23,26)27/h1-11,24H,(H2,23,26,27). The molecule has 0 amide bonds. The fourth-order valence-corrected chi connectivity index (χ4v) is 4.91. The van der Waals surface area contributed by atoms with Crippen molar-refractivity contribution in [1.29, 1.82) is 0 Å². The third kappa shape index (κ3) is 3.65. The summed E-state index contributed by atoms with van der Waals surface area (Å²) in [6, 6.07) is 17.9. The molecule has 0 saturated carbocycles. The lowest BCUT2D eigenvalue weighted by Crippen LogP contribution is -2.11. The Morgan fingerprint density at radius 3 is 2.24 bits per heavy atom. The highest BCUT2D eigenvalue weighted by atomic mass is 35.5. The quantitative estimate of drug-likeness (QED) is 0.483. The number of hydrogen-bond acceptors (Lipinski definition) is 5. The molecule has 146 valence electrons. The normalized spacial score (nSPS) is 11.7. The maximum Gasteiger partial charge on any atom is 0.238 e. The smallest absolute Gasteiger partial charge is 0.238 e. The van der Waals surface area contributed by atoms with Gasteiger partial charge >= 0.3 is 0 Å². The fraction of sp³-hybridized carbons (Fsp3) is 0. The van der Waals surface area contributed by atoms with E-state index in [2.05, 4.69) is 0 Å². The van der Waals surface area contributed by atoms with Crippen molar-refractivity contribution < 1.29 is 13.5 Å². The summed E-state index contributed by atoms with van der Waals surface area (Å²) in [5.41, 5.74) is 1.40. The number of aromatic hydroxyl groups is 1. The van der Waals surface area contributed by atoms with Crippen molar-refractivity contribution in [2.45, 2.75) is 4.90 Å². The molecule has 3 aromatic carbocycles. The minimum atomic E-state index is -3.82. The molecule has 1 heterocycles. The van der Waals surface area contributed by atoms with E-state index < -0.39 is 10.0 Å². The van der Waals surface area contributed by atoms with Crippen molar-refractivity contribution in [3.63, 3.8) is 0 Å². The van der Waals surface area contributed by atoms with E-state index in [1.165, 1.54) is 35.6 Å². The molecule has 4 aromatic rings. The van der Waals surface area contributed by atoms with Crippen LogP contribution in [0.3, 0.4) is 0 Å². The lowest BCUT2D eigenvalue weighted by molar-refractivity contribution is 0.476. The van der Waals surface area contributed by atoms with Crippen LogP contribution in [0.5, 0.6) is 5.75 Å². The first-order chi connectivity index (χ1) is 13.8. The van der Waals surface area contributed by atoms with Gasteiger partial charge in [-0.2, -0.15) is 0 Å². The Labute approximate surface area is 175 Å². The average molecular weight is 444 g/mol. The highest BCUT2D eigenvalue weighted by molar-refractivity contribution is 7.89. The molecular weight excluding hydrogens is 430 g/mol. The van der Waals surface area contributed by atoms with E-state index in [1.807, 2.05) is 12.1 Å². The number of fused-ring (bicyclic) bond motifs is 1. The molecule has 5 nitrogen and oxygen atoms in total. The molecule has 0 fully saturated rings. The van der Waals surface area contributed by atoms with Gasteiger partial charge in [0, 0.05) is 20.5 Å². The Morgan fingerprint density at radius 2 is 1.59 bits per heavy atom. The minimum Gasteiger partial charge on any atom is -0.506 e. The van der Waals surface area contributed by atoms with E-state index in [1.54, 1.807) is 30.3 Å². The molecule has 0 atom stereocenters. The van der Waals surface area contributed by atoms with Crippen molar-refractivity contribution in [3.8, 4) is 27.3 Å². The summed E-state index contributed by atoms with van der Waals surface area (Å²) in [5, 5.41) is 16.0. The largest absolute Gasteiger partial charge is 0.506 e. The van der Waals surface area contributed by atoms with E-state index in [0.29, 0.717) is 27.0 Å². The lowest BCUT2D eigenvalue weighted by atomic mass is 10.00. The van der Waals surface area contributed by atoms with Gasteiger partial charge in [-0.05, 0) is 47.5 Å². The van der Waals surface area contributed by atoms with Crippen molar-refractivity contribution in [3.05, 3.63) is 82.0 Å². The molecule has 1 aromatic heterocycles. The number of nitrogens with two attached hydrogens (primary N) is 1. The molecule has 3 N–H and O–H groups in total. The van der Waals surface area contributed by atoms with Crippen LogP contribution in [0.4, 0.5) is 0 Å². The summed E-state index contributed by atoms with van der Waals surface area (Å²) in [4.78, 5) is 14.0. The molecule has 0 spiro atoms. The predicted octanol–water partition coefficient (Wildman–Crippen LogP) is 4.60. The zero-order valence-electron chi connectivity index (χ0n) is 14.8. The van der Waals surface area contributed by atoms with Crippen molar-refractivity contribution in [1.82, 2.24) is 0 Å². The Balaban J connectivity index is 2.04. The van der Waals surface area contributed by atoms with Crippen LogP contribution in [0.25, 0.3) is 31.7 Å². The van der Waals surface area contributed by atoms with Gasteiger partial charge in [0.25, 0.3) is 0 Å². The highest BCUT2D eigenvalue weighted by Crippen LogP contribution is 2.39. The summed E-state index contributed by atoms with van der Waals surface area (Å²) in [6.45, 7) is 0. The molecule has 0 bridgehead atoms. The van der Waals surface area contributed by atoms with Gasteiger partial charge in [-0.15, -0.1) is 11.3 Å². The Hall–Kier alpha value is -2.71. The second-order valence-electron chi connectivity index (χ2n) is 6.37. The molecular formula is C21H14ClNO4S2. The van der Waals surface area contributed by atoms with Gasteiger partial charge < -0.3 is 5.11 Å². The van der Waals surface area contributed by atoms with Crippen molar-refractivity contribution >= 4 is 43.0 Å². The maximum absolute atomic E-state index is 13.3. The van der Waals surface area contributed by atoms with Crippen molar-refractivity contribution in [2.24, 2.45) is 5.14 Å². The van der Waals surface area contributed by atoms with Crippen LogP contribution in [-0.4, -0.2) is 13.5 Å². The van der Waals surface area contributed by atoms with Gasteiger partial charge in [0.05, 0.1) is 9.92 Å². The number of sulfonamides is 1. The molecule has 0 radical (unpaired) electrons. The number of benzene rings is 3. The second-order valence-corrected chi connectivity index (χ2v) is 9.39. The number of rotatable bonds is 3. The topological polar surface area (TPSA) is 97.5 Å². The number of halogens is 1. The van der Waals surface area contributed by atoms with Crippen LogP contribution in [0.1, 0.15) is 0 Å². The van der Waals surface area contributed by atoms with Crippen LogP contribution < -0.4 is 10.6 Å². The zero-order chi connectivity index (χ0) is 20.8. The Bertz CT molecular complexity index is 1410. The third-order valence-electron chi connectivity index (χ3n) is 4.48. The number of hydrogen-bond donors (Lipinski definition) is 2. The van der Waals surface area contributed by atoms with Gasteiger partial charge in [-0.1, -0.05) is 41.9 Å². The van der Waals surface area contributed by atoms with Crippen molar-refractivity contribution in [2.75, 3.05) is 0 Å². The molecule has 4 rings (SSSR count). The van der Waals surface area contributed by atoms with E-state index in [4.69, 9.17) is 16.7 Å². The van der Waals surface area contributed by atoms with E-state index in [9.17, 15) is 18.3 Å². The molecule has 0 unspecified atom stereocenters. The number of primary sulfonamides is 1. The SMILES string of the molecule is NS(=O)(=O)c1ccc(-c2sc3ccccc3c(=O)c2-c2ccc(Cl)c(O)c2)cc1. The fourth-order valence-electron chi connectivity index (χ4n) is 3.07. The lowest BCUT2D eigenvalue weighted by Gasteiger charge is -2.12. The third-order valence-corrected chi connectivity index (χ3v) is 6.95. The van der Waals surface area contributed by atoms with Crippen LogP contribution in [0.2, 0.25) is 5.02 Å². The summed E-state index contributed by atoms with van der Waals surface area (Å²) in [6.07, 6.45) is 0. The highest BCUT2D eigenvalue weighted by Gasteiger charge is 2.18. The number of phenolic OH excluding ortho intramolecular Hbond substituents is 1. The molecule has 0 saturated heterocycles. The molecule has 0 aliphatic carbocycles. The summed E-state index contributed by atoms with van der Waals surface area (Å²) in [5.74, 6) is -0.128. The van der Waals surface area contributed by atoms with Crippen LogP contribution >= 0.6 is 22.9 Å². The first kappa shape index (κ1) is 19.6. The van der Waals surface area contributed by atoms with Crippen LogP contribution in [0, 0.1) is 0 Å². The summed E-state index contributed by atoms with van der Waals surface area (Å²) >= 11 is 7.33. The summed E-state index contributed by atoms with van der Waals surface area (Å²) < 4.78 is 23.9. The van der Waals surface area contributed by atoms with Gasteiger partial charge in [0.2, 0.25) is 10.0 Å². The van der Waals surface area contributed by atoms with E-state index in [0.717, 1.165) is 4.70 Å². The molecule has 0 aliphatic rings. The maximum atomic E-state index is 13.3. The van der Waals surface area contributed by atoms with Crippen LogP contribution in [0.15, 0.2) is 76.4 Å². The molecule has 8 heteroatoms. The van der Waals surface area contributed by atoms with Gasteiger partial charge in [-0.25, -0.2) is 13.6 Å². The van der Waals surface area contributed by atoms with Gasteiger partial charge in [0.15, 0.2) is 5.43 Å². The minimum absolute atomic E-state index is 0.0138. The Morgan fingerprint density at radius 1 is 0.931 bits per heavy atom. The molecule has 29 heavy (non-hydrogen) atoms. The Kier molecular flexibility index (Phi) is 4.92. The van der Waals surface area contributed by atoms with E-state index >= 15 is 0 Å². The average Bonchev–Trinajstić information content (AvgIpc) is 2.70.